The van der Waals surface area contributed by atoms with E-state index in [1.807, 2.05) is 0 Å². The molecule has 0 fully saturated rings. The Hall–Kier alpha value is -1.63. The molecule has 0 aliphatic heterocycles. The van der Waals surface area contributed by atoms with Crippen molar-refractivity contribution in [1.82, 2.24) is 10.0 Å². The summed E-state index contributed by atoms with van der Waals surface area (Å²) in [5.41, 5.74) is 0. The predicted molar refractivity (Wildman–Crippen MR) is 42.8 cm³/mol. The largest absolute Gasteiger partial charge is 0.277 e. The summed E-state index contributed by atoms with van der Waals surface area (Å²) < 4.78 is 34.0. The Kier molecular flexibility index (Phi) is 10.5. The van der Waals surface area contributed by atoms with Crippen LogP contribution in [0.15, 0.2) is 0 Å². The van der Waals surface area contributed by atoms with Gasteiger partial charge in [-0.05, 0) is 0 Å². The Morgan fingerprint density at radius 1 is 0.900 bits per heavy atom. The highest BCUT2D eigenvalue weighted by Gasteiger charge is 2.24. The summed E-state index contributed by atoms with van der Waals surface area (Å²) in [4.78, 5) is 28.6. The van der Waals surface area contributed by atoms with E-state index in [-0.39, 0.29) is 0 Å². The third-order valence-electron chi connectivity index (χ3n) is 1.24. The van der Waals surface area contributed by atoms with Gasteiger partial charge in [-0.2, -0.15) is 0 Å². The smallest absolute Gasteiger partial charge is 0.213 e. The zero-order chi connectivity index (χ0) is 16.3. The van der Waals surface area contributed by atoms with E-state index in [9.17, 15) is 20.2 Å². The van der Waals surface area contributed by atoms with Gasteiger partial charge in [0.05, 0.1) is 0 Å². The lowest BCUT2D eigenvalue weighted by Gasteiger charge is -2.17. The van der Waals surface area contributed by atoms with E-state index in [0.29, 0.717) is 10.0 Å². The summed E-state index contributed by atoms with van der Waals surface area (Å²) in [5.74, 6) is 9.21. The van der Waals surface area contributed by atoms with Crippen LogP contribution in [0, 0.1) is 30.5 Å². The molecule has 0 rings (SSSR count). The molecule has 120 valence electrons. The lowest BCUT2D eigenvalue weighted by molar-refractivity contribution is -2.00. The van der Waals surface area contributed by atoms with Crippen LogP contribution >= 0.6 is 0 Å². The van der Waals surface area contributed by atoms with Crippen LogP contribution in [0.25, 0.3) is 0 Å². The first-order valence-electron chi connectivity index (χ1n) is 4.06. The standard InChI is InChI=1S/C3H10N6O6.ClHO4/c4-14-2-6(8(10)11)1-7(3-15-5)9(12)13;2-1(3,4)5/h1-5H2;(H,2,3,4,5)/p-1. The summed E-state index contributed by atoms with van der Waals surface area (Å²) in [5, 5.41) is 19.6. The first kappa shape index (κ1) is 20.7. The van der Waals surface area contributed by atoms with Crippen LogP contribution < -0.4 is 30.4 Å². The molecule has 0 aliphatic carbocycles. The number of hydrazine groups is 2. The quantitative estimate of drug-likeness (QED) is 0.238. The van der Waals surface area contributed by atoms with Crippen LogP contribution in [0.4, 0.5) is 0 Å². The van der Waals surface area contributed by atoms with Gasteiger partial charge in [0.25, 0.3) is 0 Å². The van der Waals surface area contributed by atoms with Gasteiger partial charge in [0.2, 0.25) is 6.67 Å². The number of rotatable bonds is 8. The van der Waals surface area contributed by atoms with E-state index < -0.39 is 40.4 Å². The second-order valence-electron chi connectivity index (χ2n) is 2.60. The maximum absolute atomic E-state index is 10.3. The fraction of sp³-hybridized carbons (Fsp3) is 1.00. The Labute approximate surface area is 112 Å². The summed E-state index contributed by atoms with van der Waals surface area (Å²) in [6, 6.07) is 0. The highest BCUT2D eigenvalue weighted by Crippen LogP contribution is 1.95. The van der Waals surface area contributed by atoms with E-state index in [0.717, 1.165) is 0 Å². The molecule has 4 N–H and O–H groups in total. The van der Waals surface area contributed by atoms with Crippen molar-refractivity contribution in [2.24, 2.45) is 11.8 Å². The highest BCUT2D eigenvalue weighted by atomic mass is 35.7. The first-order chi connectivity index (χ1) is 9.02. The van der Waals surface area contributed by atoms with E-state index in [1.54, 1.807) is 0 Å². The average molecular weight is 326 g/mol. The number of hydrogen-bond donors (Lipinski definition) is 2. The van der Waals surface area contributed by atoms with Gasteiger partial charge in [0, 0.05) is 0 Å². The molecule has 0 aromatic carbocycles. The topological polar surface area (TPSA) is 256 Å². The van der Waals surface area contributed by atoms with Gasteiger partial charge in [0.1, 0.15) is 0 Å². The van der Waals surface area contributed by atoms with E-state index in [2.05, 4.69) is 21.5 Å². The van der Waals surface area contributed by atoms with Crippen LogP contribution in [0.1, 0.15) is 0 Å². The molecule has 20 heavy (non-hydrogen) atoms. The van der Waals surface area contributed by atoms with Gasteiger partial charge < -0.3 is 0 Å². The number of halogens is 1. The van der Waals surface area contributed by atoms with Gasteiger partial charge in [-0.25, -0.2) is 50.7 Å². The minimum Gasteiger partial charge on any atom is -0.277 e. The summed E-state index contributed by atoms with van der Waals surface area (Å²) in [6.07, 6.45) is 0. The lowest BCUT2D eigenvalue weighted by Crippen LogP contribution is -2.68. The number of nitrogens with two attached hydrogens (primary N) is 2. The van der Waals surface area contributed by atoms with Crippen LogP contribution in [0.3, 0.4) is 0 Å². The van der Waals surface area contributed by atoms with Gasteiger partial charge in [0.15, 0.2) is 23.5 Å². The molecule has 16 nitrogen and oxygen atoms in total. The Bertz CT molecular complexity index is 269. The molecule has 0 amide bonds. The lowest BCUT2D eigenvalue weighted by atomic mass is 10.9. The molecule has 0 radical (unpaired) electrons. The SMILES string of the molecule is NOCN(CN(CON)[N+](=O)[O-])[N+](=O)[O-].[O-][Cl+3]([O-])([O-])[O-]. The second-order valence-corrected chi connectivity index (χ2v) is 3.36. The molecule has 0 aliphatic rings. The van der Waals surface area contributed by atoms with Crippen molar-refractivity contribution < 1.29 is 48.6 Å². The van der Waals surface area contributed by atoms with Crippen molar-refractivity contribution in [3.63, 3.8) is 0 Å². The van der Waals surface area contributed by atoms with Crippen molar-refractivity contribution in [1.29, 1.82) is 0 Å². The Morgan fingerprint density at radius 3 is 1.30 bits per heavy atom. The normalized spacial score (nSPS) is 10.3. The average Bonchev–Trinajstić information content (AvgIpc) is 2.24. The summed E-state index contributed by atoms with van der Waals surface area (Å²) in [7, 11) is -4.94. The highest BCUT2D eigenvalue weighted by molar-refractivity contribution is 4.34. The second kappa shape index (κ2) is 10.2. The minimum absolute atomic E-state index is 0.363. The summed E-state index contributed by atoms with van der Waals surface area (Å²) in [6.45, 7) is -1.90. The fourth-order valence-corrected chi connectivity index (χ4v) is 0.640. The molecule has 0 heterocycles. The molecule has 0 spiro atoms. The molecular weight excluding hydrogens is 316 g/mol. The zero-order valence-electron chi connectivity index (χ0n) is 9.53. The molecule has 0 aromatic rings. The maximum atomic E-state index is 10.3. The Balaban J connectivity index is 0. The zero-order valence-corrected chi connectivity index (χ0v) is 10.3. The molecule has 0 atom stereocenters. The minimum atomic E-state index is -4.94. The van der Waals surface area contributed by atoms with E-state index in [4.69, 9.17) is 18.6 Å². The van der Waals surface area contributed by atoms with Crippen molar-refractivity contribution in [3.8, 4) is 0 Å². The molecular formula is C3H10ClN6O10-. The van der Waals surface area contributed by atoms with Crippen LogP contribution in [0.2, 0.25) is 0 Å². The fourth-order valence-electron chi connectivity index (χ4n) is 0.640. The maximum Gasteiger partial charge on any atom is 0.213 e. The molecule has 0 aromatic heterocycles. The first-order valence-corrected chi connectivity index (χ1v) is 5.30. The monoisotopic (exact) mass is 325 g/mol. The van der Waals surface area contributed by atoms with Gasteiger partial charge in [-0.15, -0.1) is 10.2 Å². The third-order valence-corrected chi connectivity index (χ3v) is 1.24. The van der Waals surface area contributed by atoms with Crippen molar-refractivity contribution in [2.45, 2.75) is 0 Å². The molecule has 0 saturated carbocycles. The number of hydrogen-bond acceptors (Lipinski definition) is 12. The number of nitro groups is 2. The van der Waals surface area contributed by atoms with E-state index >= 15 is 0 Å². The van der Waals surface area contributed by atoms with Crippen molar-refractivity contribution in [2.75, 3.05) is 20.1 Å². The number of nitrogens with zero attached hydrogens (tertiary/aromatic N) is 4. The van der Waals surface area contributed by atoms with Crippen LogP contribution in [-0.2, 0) is 9.68 Å². The van der Waals surface area contributed by atoms with Gasteiger partial charge >= 0.3 is 0 Å². The predicted octanol–water partition coefficient (Wildman–Crippen LogP) is -7.13. The third kappa shape index (κ3) is 14.4. The van der Waals surface area contributed by atoms with Crippen molar-refractivity contribution in [3.05, 3.63) is 20.2 Å². The Morgan fingerprint density at radius 2 is 1.15 bits per heavy atom. The van der Waals surface area contributed by atoms with Crippen LogP contribution in [0.5, 0.6) is 0 Å². The molecule has 0 saturated heterocycles. The van der Waals surface area contributed by atoms with E-state index in [1.165, 1.54) is 0 Å². The molecule has 0 bridgehead atoms. The van der Waals surface area contributed by atoms with Gasteiger partial charge in [-0.3, -0.25) is 9.68 Å². The molecule has 0 unspecified atom stereocenters. The molecule has 17 heteroatoms. The summed E-state index contributed by atoms with van der Waals surface area (Å²) >= 11 is 0. The van der Waals surface area contributed by atoms with Crippen molar-refractivity contribution >= 4 is 0 Å². The van der Waals surface area contributed by atoms with Crippen LogP contribution in [-0.4, -0.2) is 40.2 Å². The van der Waals surface area contributed by atoms with Gasteiger partial charge in [-0.1, -0.05) is 10.0 Å².